The van der Waals surface area contributed by atoms with E-state index in [0.717, 1.165) is 12.1 Å². The van der Waals surface area contributed by atoms with Gasteiger partial charge in [0.1, 0.15) is 0 Å². The molecule has 0 fully saturated rings. The van der Waals surface area contributed by atoms with Gasteiger partial charge in [-0.15, -0.1) is 0 Å². The number of nitrogens with one attached hydrogen (secondary N) is 2. The zero-order valence-corrected chi connectivity index (χ0v) is 15.9. The first-order valence-electron chi connectivity index (χ1n) is 8.97. The zero-order chi connectivity index (χ0) is 19.9. The number of amides is 2. The molecule has 0 aliphatic carbocycles. The molecule has 0 aliphatic heterocycles. The molecule has 2 N–H and O–H groups in total. The SMILES string of the molecule is CN(C)Cc1ccc(CNC(=O)c2ccccc2NC(=O)c2ccco2)cc1. The van der Waals surface area contributed by atoms with E-state index >= 15 is 0 Å². The quantitative estimate of drug-likeness (QED) is 0.661. The highest BCUT2D eigenvalue weighted by atomic mass is 16.3. The minimum atomic E-state index is -0.401. The number of rotatable bonds is 7. The van der Waals surface area contributed by atoms with Crippen LogP contribution in [-0.2, 0) is 13.1 Å². The van der Waals surface area contributed by atoms with Gasteiger partial charge in [-0.25, -0.2) is 0 Å². The Hall–Kier alpha value is -3.38. The summed E-state index contributed by atoms with van der Waals surface area (Å²) in [5.41, 5.74) is 3.05. The third-order valence-electron chi connectivity index (χ3n) is 4.14. The Morgan fingerprint density at radius 2 is 1.61 bits per heavy atom. The van der Waals surface area contributed by atoms with Crippen LogP contribution in [0.1, 0.15) is 32.0 Å². The molecule has 3 aromatic rings. The van der Waals surface area contributed by atoms with Crippen LogP contribution >= 0.6 is 0 Å². The number of furan rings is 1. The summed E-state index contributed by atoms with van der Waals surface area (Å²) in [6.07, 6.45) is 1.43. The fourth-order valence-electron chi connectivity index (χ4n) is 2.79. The Kier molecular flexibility index (Phi) is 6.24. The van der Waals surface area contributed by atoms with E-state index in [2.05, 4.69) is 27.7 Å². The van der Waals surface area contributed by atoms with Crippen molar-refractivity contribution in [3.05, 3.63) is 89.4 Å². The van der Waals surface area contributed by atoms with Crippen LogP contribution in [0.4, 0.5) is 5.69 Å². The van der Waals surface area contributed by atoms with Gasteiger partial charge in [-0.1, -0.05) is 36.4 Å². The summed E-state index contributed by atoms with van der Waals surface area (Å²) in [7, 11) is 4.05. The molecular weight excluding hydrogens is 354 g/mol. The van der Waals surface area contributed by atoms with Gasteiger partial charge in [0.25, 0.3) is 11.8 Å². The number of carbonyl (C=O) groups excluding carboxylic acids is 2. The van der Waals surface area contributed by atoms with Gasteiger partial charge in [-0.2, -0.15) is 0 Å². The van der Waals surface area contributed by atoms with Gasteiger partial charge in [-0.05, 0) is 49.5 Å². The van der Waals surface area contributed by atoms with Crippen molar-refractivity contribution in [3.8, 4) is 0 Å². The minimum Gasteiger partial charge on any atom is -0.459 e. The number of carbonyl (C=O) groups is 2. The van der Waals surface area contributed by atoms with Crippen LogP contribution in [-0.4, -0.2) is 30.8 Å². The summed E-state index contributed by atoms with van der Waals surface area (Å²) in [4.78, 5) is 26.9. The summed E-state index contributed by atoms with van der Waals surface area (Å²) in [5, 5.41) is 5.62. The molecule has 0 saturated carbocycles. The topological polar surface area (TPSA) is 74.6 Å². The first-order chi connectivity index (χ1) is 13.5. The van der Waals surface area contributed by atoms with E-state index in [9.17, 15) is 9.59 Å². The van der Waals surface area contributed by atoms with E-state index in [4.69, 9.17) is 4.42 Å². The van der Waals surface area contributed by atoms with Crippen LogP contribution in [0.25, 0.3) is 0 Å². The molecule has 0 spiro atoms. The molecule has 0 saturated heterocycles. The second-order valence-corrected chi connectivity index (χ2v) is 6.71. The monoisotopic (exact) mass is 377 g/mol. The predicted molar refractivity (Wildman–Crippen MR) is 108 cm³/mol. The van der Waals surface area contributed by atoms with Crippen LogP contribution in [0.15, 0.2) is 71.3 Å². The van der Waals surface area contributed by atoms with Crippen molar-refractivity contribution < 1.29 is 14.0 Å². The van der Waals surface area contributed by atoms with E-state index in [1.165, 1.54) is 11.8 Å². The highest BCUT2D eigenvalue weighted by Crippen LogP contribution is 2.17. The number of hydrogen-bond acceptors (Lipinski definition) is 4. The minimum absolute atomic E-state index is 0.188. The second-order valence-electron chi connectivity index (χ2n) is 6.71. The number of benzene rings is 2. The van der Waals surface area contributed by atoms with Crippen molar-refractivity contribution in [1.82, 2.24) is 10.2 Å². The lowest BCUT2D eigenvalue weighted by atomic mass is 10.1. The summed E-state index contributed by atoms with van der Waals surface area (Å²) in [6, 6.07) is 18.2. The van der Waals surface area contributed by atoms with E-state index < -0.39 is 5.91 Å². The van der Waals surface area contributed by atoms with Crippen LogP contribution in [0, 0.1) is 0 Å². The Bertz CT molecular complexity index is 932. The lowest BCUT2D eigenvalue weighted by molar-refractivity contribution is 0.0952. The molecule has 6 heteroatoms. The predicted octanol–water partition coefficient (Wildman–Crippen LogP) is 3.52. The number of nitrogens with zero attached hydrogens (tertiary/aromatic N) is 1. The van der Waals surface area contributed by atoms with Crippen LogP contribution in [0.2, 0.25) is 0 Å². The van der Waals surface area contributed by atoms with Crippen molar-refractivity contribution in [2.24, 2.45) is 0 Å². The van der Waals surface area contributed by atoms with Gasteiger partial charge < -0.3 is 20.0 Å². The normalized spacial score (nSPS) is 10.7. The van der Waals surface area contributed by atoms with Gasteiger partial charge >= 0.3 is 0 Å². The van der Waals surface area contributed by atoms with E-state index in [0.29, 0.717) is 17.8 Å². The van der Waals surface area contributed by atoms with Gasteiger partial charge in [0.15, 0.2) is 5.76 Å². The smallest absolute Gasteiger partial charge is 0.291 e. The molecule has 144 valence electrons. The molecule has 0 bridgehead atoms. The molecule has 28 heavy (non-hydrogen) atoms. The Labute approximate surface area is 164 Å². The summed E-state index contributed by atoms with van der Waals surface area (Å²) < 4.78 is 5.09. The summed E-state index contributed by atoms with van der Waals surface area (Å²) >= 11 is 0. The van der Waals surface area contributed by atoms with Crippen molar-refractivity contribution in [2.45, 2.75) is 13.1 Å². The van der Waals surface area contributed by atoms with Crippen molar-refractivity contribution >= 4 is 17.5 Å². The summed E-state index contributed by atoms with van der Waals surface area (Å²) in [5.74, 6) is -0.470. The number of hydrogen-bond donors (Lipinski definition) is 2. The lowest BCUT2D eigenvalue weighted by Gasteiger charge is -2.12. The maximum atomic E-state index is 12.6. The third kappa shape index (κ3) is 5.08. The molecular formula is C22H23N3O3. The van der Waals surface area contributed by atoms with E-state index in [1.54, 1.807) is 36.4 Å². The standard InChI is InChI=1S/C22H23N3O3/c1-25(2)15-17-11-9-16(10-12-17)14-23-21(26)18-6-3-4-7-19(18)24-22(27)20-8-5-13-28-20/h3-13H,14-15H2,1-2H3,(H,23,26)(H,24,27). The fourth-order valence-corrected chi connectivity index (χ4v) is 2.79. The van der Waals surface area contributed by atoms with Crippen molar-refractivity contribution in [2.75, 3.05) is 19.4 Å². The Morgan fingerprint density at radius 1 is 0.893 bits per heavy atom. The fraction of sp³-hybridized carbons (Fsp3) is 0.182. The van der Waals surface area contributed by atoms with Crippen LogP contribution in [0.5, 0.6) is 0 Å². The first-order valence-corrected chi connectivity index (χ1v) is 8.97. The van der Waals surface area contributed by atoms with Gasteiger partial charge in [0, 0.05) is 13.1 Å². The van der Waals surface area contributed by atoms with Crippen LogP contribution < -0.4 is 10.6 Å². The van der Waals surface area contributed by atoms with E-state index in [-0.39, 0.29) is 11.7 Å². The molecule has 1 aromatic heterocycles. The number of anilines is 1. The molecule has 0 radical (unpaired) electrons. The van der Waals surface area contributed by atoms with Gasteiger partial charge in [-0.3, -0.25) is 9.59 Å². The van der Waals surface area contributed by atoms with E-state index in [1.807, 2.05) is 26.2 Å². The molecule has 2 amide bonds. The second kappa shape index (κ2) is 9.01. The Morgan fingerprint density at radius 3 is 2.29 bits per heavy atom. The van der Waals surface area contributed by atoms with Gasteiger partial charge in [0.2, 0.25) is 0 Å². The molecule has 0 aliphatic rings. The molecule has 1 heterocycles. The molecule has 0 atom stereocenters. The average Bonchev–Trinajstić information content (AvgIpc) is 3.22. The lowest BCUT2D eigenvalue weighted by Crippen LogP contribution is -2.24. The molecule has 6 nitrogen and oxygen atoms in total. The van der Waals surface area contributed by atoms with Gasteiger partial charge in [0.05, 0.1) is 17.5 Å². The summed E-state index contributed by atoms with van der Waals surface area (Å²) in [6.45, 7) is 1.27. The van der Waals surface area contributed by atoms with Crippen molar-refractivity contribution in [1.29, 1.82) is 0 Å². The number of para-hydroxylation sites is 1. The Balaban J connectivity index is 1.63. The first kappa shape index (κ1) is 19.4. The molecule has 3 rings (SSSR count). The zero-order valence-electron chi connectivity index (χ0n) is 15.9. The third-order valence-corrected chi connectivity index (χ3v) is 4.14. The van der Waals surface area contributed by atoms with Crippen molar-refractivity contribution in [3.63, 3.8) is 0 Å². The highest BCUT2D eigenvalue weighted by molar-refractivity contribution is 6.07. The maximum absolute atomic E-state index is 12.6. The van der Waals surface area contributed by atoms with Crippen LogP contribution in [0.3, 0.4) is 0 Å². The average molecular weight is 377 g/mol. The molecule has 0 unspecified atom stereocenters. The highest BCUT2D eigenvalue weighted by Gasteiger charge is 2.15. The molecule has 2 aromatic carbocycles. The maximum Gasteiger partial charge on any atom is 0.291 e. The largest absolute Gasteiger partial charge is 0.459 e.